The maximum Gasteiger partial charge on any atom is 0.170 e. The number of anilines is 1. The Morgan fingerprint density at radius 1 is 1.25 bits per heavy atom. The Morgan fingerprint density at radius 3 is 2.75 bits per heavy atom. The molecule has 0 atom stereocenters. The molecule has 2 rings (SSSR count). The van der Waals surface area contributed by atoms with E-state index in [1.54, 1.807) is 0 Å². The summed E-state index contributed by atoms with van der Waals surface area (Å²) in [7, 11) is 0. The second kappa shape index (κ2) is 8.22. The van der Waals surface area contributed by atoms with Gasteiger partial charge in [0.25, 0.3) is 0 Å². The van der Waals surface area contributed by atoms with Gasteiger partial charge in [0.2, 0.25) is 0 Å². The van der Waals surface area contributed by atoms with E-state index in [0.29, 0.717) is 0 Å². The first-order chi connectivity index (χ1) is 9.79. The highest BCUT2D eigenvalue weighted by molar-refractivity contribution is 7.80. The van der Waals surface area contributed by atoms with Gasteiger partial charge in [-0.25, -0.2) is 0 Å². The van der Waals surface area contributed by atoms with E-state index in [-0.39, 0.29) is 0 Å². The first-order valence-corrected chi connectivity index (χ1v) is 8.05. The predicted octanol–water partition coefficient (Wildman–Crippen LogP) is 3.02. The lowest BCUT2D eigenvalue weighted by molar-refractivity contribution is 0.334. The molecule has 0 spiro atoms. The molecule has 0 aliphatic carbocycles. The van der Waals surface area contributed by atoms with Crippen LogP contribution in [0.5, 0.6) is 0 Å². The molecule has 0 unspecified atom stereocenters. The highest BCUT2D eigenvalue weighted by Crippen LogP contribution is 2.15. The molecule has 1 aliphatic heterocycles. The van der Waals surface area contributed by atoms with E-state index in [1.807, 2.05) is 6.07 Å². The summed E-state index contributed by atoms with van der Waals surface area (Å²) in [6.45, 7) is 6.82. The number of thiocarbonyl (C=S) groups is 1. The second-order valence-corrected chi connectivity index (χ2v) is 5.70. The number of para-hydroxylation sites is 1. The molecular weight excluding hydrogens is 266 g/mol. The third-order valence-corrected chi connectivity index (χ3v) is 4.03. The Balaban J connectivity index is 1.67. The van der Waals surface area contributed by atoms with E-state index in [0.717, 1.165) is 30.2 Å². The van der Waals surface area contributed by atoms with Gasteiger partial charge in [-0.05, 0) is 69.2 Å². The summed E-state index contributed by atoms with van der Waals surface area (Å²) in [5, 5.41) is 7.33. The molecule has 0 saturated carbocycles. The third kappa shape index (κ3) is 4.76. The summed E-state index contributed by atoms with van der Waals surface area (Å²) in [5.41, 5.74) is 2.42. The van der Waals surface area contributed by atoms with Gasteiger partial charge in [0.05, 0.1) is 0 Å². The van der Waals surface area contributed by atoms with Gasteiger partial charge in [-0.3, -0.25) is 0 Å². The maximum absolute atomic E-state index is 5.36. The van der Waals surface area contributed by atoms with Crippen molar-refractivity contribution in [2.75, 3.05) is 31.5 Å². The molecular formula is C16H25N3S. The molecule has 20 heavy (non-hydrogen) atoms. The smallest absolute Gasteiger partial charge is 0.170 e. The van der Waals surface area contributed by atoms with Gasteiger partial charge < -0.3 is 15.5 Å². The Bertz CT molecular complexity index is 427. The molecule has 0 bridgehead atoms. The van der Waals surface area contributed by atoms with E-state index in [9.17, 15) is 0 Å². The Kier molecular flexibility index (Phi) is 6.27. The number of aryl methyl sites for hydroxylation is 1. The van der Waals surface area contributed by atoms with Crippen LogP contribution in [-0.4, -0.2) is 36.2 Å². The van der Waals surface area contributed by atoms with Crippen molar-refractivity contribution in [3.8, 4) is 0 Å². The third-order valence-electron chi connectivity index (χ3n) is 3.78. The number of nitrogens with zero attached hydrogens (tertiary/aromatic N) is 1. The van der Waals surface area contributed by atoms with E-state index in [1.165, 1.54) is 38.0 Å². The monoisotopic (exact) mass is 291 g/mol. The van der Waals surface area contributed by atoms with Crippen LogP contribution in [0.2, 0.25) is 0 Å². The summed E-state index contributed by atoms with van der Waals surface area (Å²) in [4.78, 5) is 2.53. The van der Waals surface area contributed by atoms with Crippen molar-refractivity contribution in [1.29, 1.82) is 0 Å². The van der Waals surface area contributed by atoms with E-state index >= 15 is 0 Å². The quantitative estimate of drug-likeness (QED) is 0.622. The van der Waals surface area contributed by atoms with Gasteiger partial charge in [0.1, 0.15) is 0 Å². The molecule has 1 fully saturated rings. The summed E-state index contributed by atoms with van der Waals surface area (Å²) in [5.74, 6) is 0. The molecule has 1 aromatic rings. The predicted molar refractivity (Wildman–Crippen MR) is 90.3 cm³/mol. The van der Waals surface area contributed by atoms with Crippen LogP contribution in [0, 0.1) is 0 Å². The number of hydrogen-bond acceptors (Lipinski definition) is 2. The zero-order valence-electron chi connectivity index (χ0n) is 12.3. The molecule has 1 saturated heterocycles. The van der Waals surface area contributed by atoms with Crippen LogP contribution >= 0.6 is 12.2 Å². The molecule has 4 heteroatoms. The largest absolute Gasteiger partial charge is 0.362 e. The van der Waals surface area contributed by atoms with Crippen LogP contribution in [0.25, 0.3) is 0 Å². The van der Waals surface area contributed by atoms with Crippen LogP contribution in [0.1, 0.15) is 31.7 Å². The minimum absolute atomic E-state index is 0.729. The van der Waals surface area contributed by atoms with E-state index < -0.39 is 0 Å². The van der Waals surface area contributed by atoms with Crippen molar-refractivity contribution in [3.05, 3.63) is 29.8 Å². The van der Waals surface area contributed by atoms with Crippen LogP contribution < -0.4 is 10.6 Å². The van der Waals surface area contributed by atoms with E-state index in [4.69, 9.17) is 12.2 Å². The number of rotatable bonds is 6. The topological polar surface area (TPSA) is 27.3 Å². The van der Waals surface area contributed by atoms with Crippen molar-refractivity contribution in [2.24, 2.45) is 0 Å². The van der Waals surface area contributed by atoms with Crippen molar-refractivity contribution in [3.63, 3.8) is 0 Å². The minimum Gasteiger partial charge on any atom is -0.362 e. The molecule has 0 radical (unpaired) electrons. The van der Waals surface area contributed by atoms with Crippen molar-refractivity contribution in [2.45, 2.75) is 32.6 Å². The summed E-state index contributed by atoms with van der Waals surface area (Å²) in [6.07, 6.45) is 4.89. The highest BCUT2D eigenvalue weighted by atomic mass is 32.1. The molecule has 1 aromatic carbocycles. The lowest BCUT2D eigenvalue weighted by Crippen LogP contribution is -2.31. The average Bonchev–Trinajstić information content (AvgIpc) is 2.97. The molecule has 1 heterocycles. The first-order valence-electron chi connectivity index (χ1n) is 7.64. The van der Waals surface area contributed by atoms with Gasteiger partial charge in [-0.1, -0.05) is 25.1 Å². The lowest BCUT2D eigenvalue weighted by atomic mass is 10.1. The molecule has 0 amide bonds. The van der Waals surface area contributed by atoms with Crippen LogP contribution in [-0.2, 0) is 6.42 Å². The number of hydrogen-bond donors (Lipinski definition) is 2. The van der Waals surface area contributed by atoms with Crippen molar-refractivity contribution >= 4 is 23.0 Å². The number of nitrogens with one attached hydrogen (secondary N) is 2. The lowest BCUT2D eigenvalue weighted by Gasteiger charge is -2.16. The zero-order valence-corrected chi connectivity index (χ0v) is 13.1. The van der Waals surface area contributed by atoms with Crippen molar-refractivity contribution < 1.29 is 0 Å². The molecule has 0 aromatic heterocycles. The Morgan fingerprint density at radius 2 is 2.00 bits per heavy atom. The standard InChI is InChI=1S/C16H25N3S/c1-2-14-8-3-4-9-15(14)18-16(20)17-10-7-13-19-11-5-6-12-19/h3-4,8-9H,2,5-7,10-13H2,1H3,(H2,17,18,20). The van der Waals surface area contributed by atoms with Gasteiger partial charge in [0.15, 0.2) is 5.11 Å². The Hall–Kier alpha value is -1.13. The van der Waals surface area contributed by atoms with Gasteiger partial charge in [-0.15, -0.1) is 0 Å². The van der Waals surface area contributed by atoms with Crippen molar-refractivity contribution in [1.82, 2.24) is 10.2 Å². The fraction of sp³-hybridized carbons (Fsp3) is 0.562. The molecule has 1 aliphatic rings. The maximum atomic E-state index is 5.36. The van der Waals surface area contributed by atoms with Gasteiger partial charge >= 0.3 is 0 Å². The number of likely N-dealkylation sites (tertiary alicyclic amines) is 1. The molecule has 2 N–H and O–H groups in total. The first kappa shape index (κ1) is 15.3. The Labute approximate surface area is 127 Å². The van der Waals surface area contributed by atoms with Crippen LogP contribution in [0.4, 0.5) is 5.69 Å². The highest BCUT2D eigenvalue weighted by Gasteiger charge is 2.10. The fourth-order valence-electron chi connectivity index (χ4n) is 2.63. The van der Waals surface area contributed by atoms with Gasteiger partial charge in [-0.2, -0.15) is 0 Å². The summed E-state index contributed by atoms with van der Waals surface area (Å²) < 4.78 is 0. The molecule has 3 nitrogen and oxygen atoms in total. The summed E-state index contributed by atoms with van der Waals surface area (Å²) in [6, 6.07) is 8.32. The zero-order chi connectivity index (χ0) is 14.2. The van der Waals surface area contributed by atoms with E-state index in [2.05, 4.69) is 40.7 Å². The summed E-state index contributed by atoms with van der Waals surface area (Å²) >= 11 is 5.36. The number of benzene rings is 1. The minimum atomic E-state index is 0.729. The van der Waals surface area contributed by atoms with Gasteiger partial charge in [0, 0.05) is 12.2 Å². The average molecular weight is 291 g/mol. The van der Waals surface area contributed by atoms with Crippen LogP contribution in [0.3, 0.4) is 0 Å². The SMILES string of the molecule is CCc1ccccc1NC(=S)NCCCN1CCCC1. The fourth-order valence-corrected chi connectivity index (χ4v) is 2.84. The van der Waals surface area contributed by atoms with Crippen LogP contribution in [0.15, 0.2) is 24.3 Å². The molecule has 110 valence electrons. The second-order valence-electron chi connectivity index (χ2n) is 5.29. The normalized spacial score (nSPS) is 15.2.